The lowest BCUT2D eigenvalue weighted by atomic mass is 9.90. The molecule has 4 heterocycles. The van der Waals surface area contributed by atoms with E-state index < -0.39 is 0 Å². The van der Waals surface area contributed by atoms with Crippen LogP contribution in [0.25, 0.3) is 22.3 Å². The third kappa shape index (κ3) is 4.32. The Morgan fingerprint density at radius 2 is 2.03 bits per heavy atom. The van der Waals surface area contributed by atoms with Crippen molar-refractivity contribution in [2.45, 2.75) is 19.9 Å². The number of halogens is 2. The second kappa shape index (κ2) is 9.58. The van der Waals surface area contributed by atoms with Crippen molar-refractivity contribution in [2.75, 3.05) is 13.1 Å². The topological polar surface area (TPSA) is 86.2 Å². The number of nitrogens with zero attached hydrogens (tertiary/aromatic N) is 5. The predicted molar refractivity (Wildman–Crippen MR) is 136 cm³/mol. The normalized spacial score (nSPS) is 13.6. The zero-order valence-corrected chi connectivity index (χ0v) is 20.4. The van der Waals surface area contributed by atoms with Crippen LogP contribution >= 0.6 is 24.0 Å². The van der Waals surface area contributed by atoms with E-state index in [1.54, 1.807) is 11.6 Å². The molecule has 0 bridgehead atoms. The Balaban J connectivity index is 0.00000274. The molecular formula is C24H24Cl2N6O2. The summed E-state index contributed by atoms with van der Waals surface area (Å²) in [6, 6.07) is 7.23. The minimum absolute atomic E-state index is 0. The zero-order chi connectivity index (χ0) is 23.1. The van der Waals surface area contributed by atoms with Crippen LogP contribution in [0.2, 0.25) is 5.02 Å². The van der Waals surface area contributed by atoms with E-state index >= 15 is 0 Å². The lowest BCUT2D eigenvalue weighted by Crippen LogP contribution is -2.38. The zero-order valence-electron chi connectivity index (χ0n) is 18.8. The molecule has 5 rings (SSSR count). The Bertz CT molecular complexity index is 1530. The van der Waals surface area contributed by atoms with E-state index in [1.807, 2.05) is 24.4 Å². The van der Waals surface area contributed by atoms with Crippen molar-refractivity contribution in [1.29, 1.82) is 0 Å². The maximum Gasteiger partial charge on any atom is 0.331 e. The van der Waals surface area contributed by atoms with Crippen molar-refractivity contribution >= 4 is 35.1 Å². The molecule has 1 aliphatic rings. The third-order valence-corrected chi connectivity index (χ3v) is 6.20. The van der Waals surface area contributed by atoms with Crippen LogP contribution in [0.5, 0.6) is 0 Å². The highest BCUT2D eigenvalue weighted by Gasteiger charge is 2.19. The SMILES string of the molecule is Cc1cc(Cl)cc(-c2ncnn3cc(Cn4c(=O)ccn(C)c4=O)cc23)c1C1=CCNCC1.Cl. The molecule has 0 aliphatic carbocycles. The molecule has 176 valence electrons. The first-order chi connectivity index (χ1) is 15.9. The van der Waals surface area contributed by atoms with Crippen LogP contribution in [0.4, 0.5) is 0 Å². The van der Waals surface area contributed by atoms with Crippen molar-refractivity contribution in [3.63, 3.8) is 0 Å². The summed E-state index contributed by atoms with van der Waals surface area (Å²) < 4.78 is 4.32. The number of hydrogen-bond donors (Lipinski definition) is 1. The minimum Gasteiger partial charge on any atom is -0.313 e. The van der Waals surface area contributed by atoms with Crippen LogP contribution in [0, 0.1) is 6.92 Å². The van der Waals surface area contributed by atoms with Gasteiger partial charge in [0.25, 0.3) is 5.56 Å². The molecule has 0 amide bonds. The summed E-state index contributed by atoms with van der Waals surface area (Å²) in [4.78, 5) is 29.4. The molecule has 0 fully saturated rings. The van der Waals surface area contributed by atoms with Gasteiger partial charge in [-0.1, -0.05) is 17.7 Å². The lowest BCUT2D eigenvalue weighted by Gasteiger charge is -2.20. The molecule has 8 nitrogen and oxygen atoms in total. The van der Waals surface area contributed by atoms with Crippen molar-refractivity contribution in [2.24, 2.45) is 7.05 Å². The number of rotatable bonds is 4. The molecule has 4 aromatic rings. The van der Waals surface area contributed by atoms with Crippen LogP contribution in [0.1, 0.15) is 23.1 Å². The van der Waals surface area contributed by atoms with Crippen molar-refractivity contribution in [1.82, 2.24) is 29.0 Å². The second-order valence-electron chi connectivity index (χ2n) is 8.25. The van der Waals surface area contributed by atoms with Gasteiger partial charge in [0.05, 0.1) is 17.8 Å². The molecule has 34 heavy (non-hydrogen) atoms. The fraction of sp³-hybridized carbons (Fsp3) is 0.250. The standard InChI is InChI=1S/C24H23ClN6O2.ClH/c1-15-9-18(25)11-19(22(15)17-3-6-26-7-4-17)23-20-10-16(13-31(20)28-14-27-23)12-30-21(32)5-8-29(2)24(30)33;/h3,5,8-11,13-14,26H,4,6-7,12H2,1-2H3;1H. The van der Waals surface area contributed by atoms with E-state index in [0.717, 1.165) is 53.0 Å². The molecule has 1 N–H and O–H groups in total. The second-order valence-corrected chi connectivity index (χ2v) is 8.69. The number of aryl methyl sites for hydroxylation is 2. The van der Waals surface area contributed by atoms with Crippen LogP contribution in [0.15, 0.2) is 58.7 Å². The molecule has 10 heteroatoms. The maximum absolute atomic E-state index is 12.5. The average Bonchev–Trinajstić information content (AvgIpc) is 3.22. The number of hydrogen-bond acceptors (Lipinski definition) is 5. The molecule has 0 unspecified atom stereocenters. The van der Waals surface area contributed by atoms with Gasteiger partial charge in [0.15, 0.2) is 0 Å². The summed E-state index contributed by atoms with van der Waals surface area (Å²) >= 11 is 6.47. The molecular weight excluding hydrogens is 475 g/mol. The van der Waals surface area contributed by atoms with Crippen LogP contribution in [0.3, 0.4) is 0 Å². The fourth-order valence-corrected chi connectivity index (χ4v) is 4.70. The molecule has 0 saturated carbocycles. The number of benzene rings is 1. The molecule has 3 aromatic heterocycles. The van der Waals surface area contributed by atoms with Gasteiger partial charge in [-0.2, -0.15) is 5.10 Å². The van der Waals surface area contributed by atoms with Gasteiger partial charge >= 0.3 is 5.69 Å². The Labute approximate surface area is 206 Å². The van der Waals surface area contributed by atoms with Gasteiger partial charge in [0.2, 0.25) is 0 Å². The van der Waals surface area contributed by atoms with E-state index in [-0.39, 0.29) is 30.2 Å². The van der Waals surface area contributed by atoms with Gasteiger partial charge in [-0.05, 0) is 60.4 Å². The van der Waals surface area contributed by atoms with Gasteiger partial charge in [0, 0.05) is 42.6 Å². The summed E-state index contributed by atoms with van der Waals surface area (Å²) in [5, 5.41) is 8.36. The summed E-state index contributed by atoms with van der Waals surface area (Å²) in [5.74, 6) is 0. The number of aromatic nitrogens is 5. The monoisotopic (exact) mass is 498 g/mol. The van der Waals surface area contributed by atoms with Crippen molar-refractivity contribution in [3.8, 4) is 11.3 Å². The molecule has 0 atom stereocenters. The minimum atomic E-state index is -0.366. The van der Waals surface area contributed by atoms with Crippen LogP contribution < -0.4 is 16.6 Å². The Morgan fingerprint density at radius 3 is 2.79 bits per heavy atom. The van der Waals surface area contributed by atoms with Crippen LogP contribution in [-0.2, 0) is 13.6 Å². The summed E-state index contributed by atoms with van der Waals surface area (Å²) in [7, 11) is 1.62. The average molecular weight is 499 g/mol. The predicted octanol–water partition coefficient (Wildman–Crippen LogP) is 3.07. The highest BCUT2D eigenvalue weighted by Crippen LogP contribution is 2.37. The first-order valence-corrected chi connectivity index (χ1v) is 11.1. The van der Waals surface area contributed by atoms with E-state index in [1.165, 1.54) is 33.3 Å². The van der Waals surface area contributed by atoms with Gasteiger partial charge in [0.1, 0.15) is 6.33 Å². The maximum atomic E-state index is 12.5. The Hall–Kier alpha value is -3.20. The fourth-order valence-electron chi connectivity index (χ4n) is 4.43. The van der Waals surface area contributed by atoms with E-state index in [4.69, 9.17) is 11.6 Å². The molecule has 0 saturated heterocycles. The largest absolute Gasteiger partial charge is 0.331 e. The van der Waals surface area contributed by atoms with Gasteiger partial charge in [-0.25, -0.2) is 14.3 Å². The molecule has 1 aromatic carbocycles. The molecule has 0 radical (unpaired) electrons. The van der Waals surface area contributed by atoms with E-state index in [2.05, 4.69) is 28.4 Å². The highest BCUT2D eigenvalue weighted by molar-refractivity contribution is 6.31. The molecule has 0 spiro atoms. The Morgan fingerprint density at radius 1 is 1.21 bits per heavy atom. The summed E-state index contributed by atoms with van der Waals surface area (Å²) in [5.41, 5.74) is 6.04. The van der Waals surface area contributed by atoms with Crippen LogP contribution in [-0.4, -0.2) is 36.8 Å². The van der Waals surface area contributed by atoms with E-state index in [0.29, 0.717) is 5.02 Å². The van der Waals surface area contributed by atoms with E-state index in [9.17, 15) is 9.59 Å². The van der Waals surface area contributed by atoms with Gasteiger partial charge < -0.3 is 9.88 Å². The number of nitrogens with one attached hydrogen (secondary N) is 1. The quantitative estimate of drug-likeness (QED) is 0.467. The summed E-state index contributed by atoms with van der Waals surface area (Å²) in [6.45, 7) is 3.95. The van der Waals surface area contributed by atoms with Gasteiger partial charge in [-0.3, -0.25) is 9.36 Å². The first kappa shape index (κ1) is 23.9. The van der Waals surface area contributed by atoms with Crippen molar-refractivity contribution < 1.29 is 0 Å². The van der Waals surface area contributed by atoms with Gasteiger partial charge in [-0.15, -0.1) is 12.4 Å². The Kier molecular flexibility index (Phi) is 6.74. The first-order valence-electron chi connectivity index (χ1n) is 10.7. The lowest BCUT2D eigenvalue weighted by molar-refractivity contribution is 0.639. The smallest absolute Gasteiger partial charge is 0.313 e. The highest BCUT2D eigenvalue weighted by atomic mass is 35.5. The van der Waals surface area contributed by atoms with Crippen molar-refractivity contribution in [3.05, 3.63) is 91.6 Å². The molecule has 1 aliphatic heterocycles. The summed E-state index contributed by atoms with van der Waals surface area (Å²) in [6.07, 6.45) is 7.93. The third-order valence-electron chi connectivity index (χ3n) is 5.98. The number of fused-ring (bicyclic) bond motifs is 1.